The summed E-state index contributed by atoms with van der Waals surface area (Å²) in [4.78, 5) is 28.6. The highest BCUT2D eigenvalue weighted by Crippen LogP contribution is 2.10. The van der Waals surface area contributed by atoms with Crippen LogP contribution in [-0.4, -0.2) is 32.4 Å². The topological polar surface area (TPSA) is 94.8 Å². The Labute approximate surface area is 140 Å². The van der Waals surface area contributed by atoms with Crippen LogP contribution in [0.2, 0.25) is 0 Å². The van der Waals surface area contributed by atoms with Gasteiger partial charge in [-0.1, -0.05) is 30.3 Å². The third-order valence-corrected chi connectivity index (χ3v) is 4.88. The van der Waals surface area contributed by atoms with Crippen molar-refractivity contribution in [2.75, 3.05) is 12.3 Å². The van der Waals surface area contributed by atoms with Crippen molar-refractivity contribution in [3.8, 4) is 0 Å². The summed E-state index contributed by atoms with van der Waals surface area (Å²) >= 11 is 0. The lowest BCUT2D eigenvalue weighted by Crippen LogP contribution is -2.27. The van der Waals surface area contributed by atoms with Gasteiger partial charge >= 0.3 is 5.69 Å². The van der Waals surface area contributed by atoms with Crippen LogP contribution in [0.1, 0.15) is 15.9 Å². The fourth-order valence-corrected chi connectivity index (χ4v) is 3.42. The quantitative estimate of drug-likeness (QED) is 0.633. The first kappa shape index (κ1) is 16.2. The Morgan fingerprint density at radius 3 is 2.58 bits per heavy atom. The molecule has 0 unspecified atom stereocenters. The lowest BCUT2D eigenvalue weighted by Gasteiger charge is -2.06. The molecule has 1 atom stereocenters. The largest absolute Gasteiger partial charge is 0.351 e. The zero-order valence-electron chi connectivity index (χ0n) is 12.9. The standard InChI is InChI=1S/C17H17N3O3S/c21-16(13-6-7-14-15(10-13)20-17(22)19-14)18-8-9-24(23)11-12-4-2-1-3-5-12/h1-7,10H,8-9,11H2,(H,18,21)(H2,19,20,22)/t24-/m1/s1. The summed E-state index contributed by atoms with van der Waals surface area (Å²) < 4.78 is 12.0. The molecule has 0 saturated heterocycles. The van der Waals surface area contributed by atoms with Crippen LogP contribution < -0.4 is 11.0 Å². The van der Waals surface area contributed by atoms with Crippen molar-refractivity contribution in [1.82, 2.24) is 15.3 Å². The molecule has 0 spiro atoms. The number of benzene rings is 2. The van der Waals surface area contributed by atoms with Gasteiger partial charge in [0, 0.05) is 34.4 Å². The molecule has 3 rings (SSSR count). The van der Waals surface area contributed by atoms with Crippen LogP contribution in [0, 0.1) is 0 Å². The number of hydrogen-bond donors (Lipinski definition) is 3. The molecule has 1 amide bonds. The molecule has 3 aromatic rings. The molecule has 0 fully saturated rings. The van der Waals surface area contributed by atoms with E-state index in [1.54, 1.807) is 18.2 Å². The molecule has 0 aliphatic heterocycles. The van der Waals surface area contributed by atoms with Crippen LogP contribution in [0.5, 0.6) is 0 Å². The minimum atomic E-state index is -1.03. The first-order valence-corrected chi connectivity index (χ1v) is 9.00. The Kier molecular flexibility index (Phi) is 4.90. The van der Waals surface area contributed by atoms with E-state index in [-0.39, 0.29) is 11.6 Å². The van der Waals surface area contributed by atoms with Gasteiger partial charge < -0.3 is 15.3 Å². The van der Waals surface area contributed by atoms with E-state index in [1.165, 1.54) is 0 Å². The molecule has 2 aromatic carbocycles. The second-order valence-electron chi connectivity index (χ2n) is 5.37. The molecule has 0 aliphatic rings. The minimum Gasteiger partial charge on any atom is -0.351 e. The number of carbonyl (C=O) groups excluding carboxylic acids is 1. The maximum Gasteiger partial charge on any atom is 0.323 e. The number of aromatic nitrogens is 2. The van der Waals surface area contributed by atoms with E-state index in [4.69, 9.17) is 0 Å². The van der Waals surface area contributed by atoms with Gasteiger partial charge in [0.05, 0.1) is 11.0 Å². The van der Waals surface area contributed by atoms with Crippen molar-refractivity contribution < 1.29 is 9.00 Å². The van der Waals surface area contributed by atoms with Gasteiger partial charge in [-0.3, -0.25) is 9.00 Å². The normalized spacial score (nSPS) is 12.2. The van der Waals surface area contributed by atoms with E-state index in [1.807, 2.05) is 30.3 Å². The number of carbonyl (C=O) groups is 1. The predicted octanol–water partition coefficient (Wildman–Crippen LogP) is 1.53. The highest BCUT2D eigenvalue weighted by molar-refractivity contribution is 7.84. The van der Waals surface area contributed by atoms with Crippen molar-refractivity contribution >= 4 is 27.7 Å². The van der Waals surface area contributed by atoms with Gasteiger partial charge in [0.25, 0.3) is 5.91 Å². The summed E-state index contributed by atoms with van der Waals surface area (Å²) in [7, 11) is -1.03. The van der Waals surface area contributed by atoms with Gasteiger partial charge in [0.15, 0.2) is 0 Å². The molecule has 1 aromatic heterocycles. The average Bonchev–Trinajstić information content (AvgIpc) is 2.94. The SMILES string of the molecule is O=C(NCC[S@@](=O)Cc1ccccc1)c1ccc2[nH]c(=O)[nH]c2c1. The Morgan fingerprint density at radius 2 is 1.79 bits per heavy atom. The molecule has 24 heavy (non-hydrogen) atoms. The van der Waals surface area contributed by atoms with E-state index in [0.717, 1.165) is 5.56 Å². The van der Waals surface area contributed by atoms with Crippen LogP contribution >= 0.6 is 0 Å². The van der Waals surface area contributed by atoms with Gasteiger partial charge in [-0.25, -0.2) is 4.79 Å². The van der Waals surface area contributed by atoms with E-state index >= 15 is 0 Å². The number of fused-ring (bicyclic) bond motifs is 1. The summed E-state index contributed by atoms with van der Waals surface area (Å²) in [6.45, 7) is 0.333. The van der Waals surface area contributed by atoms with Crippen molar-refractivity contribution in [2.24, 2.45) is 0 Å². The molecule has 6 nitrogen and oxygen atoms in total. The fraction of sp³-hybridized carbons (Fsp3) is 0.176. The average molecular weight is 343 g/mol. The highest BCUT2D eigenvalue weighted by atomic mass is 32.2. The van der Waals surface area contributed by atoms with E-state index in [0.29, 0.717) is 34.6 Å². The second kappa shape index (κ2) is 7.27. The number of aromatic amines is 2. The van der Waals surface area contributed by atoms with Gasteiger partial charge in [0.1, 0.15) is 0 Å². The zero-order chi connectivity index (χ0) is 16.9. The first-order valence-electron chi connectivity index (χ1n) is 7.51. The number of H-pyrrole nitrogens is 2. The lowest BCUT2D eigenvalue weighted by molar-refractivity contribution is 0.0956. The molecule has 3 N–H and O–H groups in total. The molecule has 0 saturated carbocycles. The number of hydrogen-bond acceptors (Lipinski definition) is 3. The number of rotatable bonds is 6. The van der Waals surface area contributed by atoms with Gasteiger partial charge in [-0.15, -0.1) is 0 Å². The molecule has 0 aliphatic carbocycles. The molecule has 0 radical (unpaired) electrons. The van der Waals surface area contributed by atoms with Crippen molar-refractivity contribution in [2.45, 2.75) is 5.75 Å². The Bertz CT molecular complexity index is 931. The highest BCUT2D eigenvalue weighted by Gasteiger charge is 2.08. The van der Waals surface area contributed by atoms with E-state index in [9.17, 15) is 13.8 Å². The Hall–Kier alpha value is -2.67. The third-order valence-electron chi connectivity index (χ3n) is 3.56. The maximum absolute atomic E-state index is 12.1. The summed E-state index contributed by atoms with van der Waals surface area (Å²) in [5.41, 5.74) is 2.40. The second-order valence-corrected chi connectivity index (χ2v) is 6.95. The van der Waals surface area contributed by atoms with Crippen molar-refractivity contribution in [1.29, 1.82) is 0 Å². The maximum atomic E-state index is 12.1. The van der Waals surface area contributed by atoms with Gasteiger partial charge in [0.2, 0.25) is 0 Å². The van der Waals surface area contributed by atoms with Crippen LogP contribution in [0.4, 0.5) is 0 Å². The van der Waals surface area contributed by atoms with Crippen molar-refractivity contribution in [3.05, 3.63) is 70.1 Å². The summed E-state index contributed by atoms with van der Waals surface area (Å²) in [5.74, 6) is 0.618. The number of nitrogens with one attached hydrogen (secondary N) is 3. The van der Waals surface area contributed by atoms with Crippen LogP contribution in [0.15, 0.2) is 53.3 Å². The van der Waals surface area contributed by atoms with Crippen molar-refractivity contribution in [3.63, 3.8) is 0 Å². The lowest BCUT2D eigenvalue weighted by atomic mass is 10.2. The van der Waals surface area contributed by atoms with Gasteiger partial charge in [-0.05, 0) is 23.8 Å². The predicted molar refractivity (Wildman–Crippen MR) is 94.4 cm³/mol. The molecular weight excluding hydrogens is 326 g/mol. The van der Waals surface area contributed by atoms with Gasteiger partial charge in [-0.2, -0.15) is 0 Å². The fourth-order valence-electron chi connectivity index (χ4n) is 2.39. The molecule has 0 bridgehead atoms. The number of imidazole rings is 1. The molecule has 124 valence electrons. The summed E-state index contributed by atoms with van der Waals surface area (Å²) in [6.07, 6.45) is 0. The summed E-state index contributed by atoms with van der Waals surface area (Å²) in [5, 5.41) is 2.75. The minimum absolute atomic E-state index is 0.254. The molecule has 7 heteroatoms. The molecule has 1 heterocycles. The van der Waals surface area contributed by atoms with E-state index in [2.05, 4.69) is 15.3 Å². The monoisotopic (exact) mass is 343 g/mol. The Balaban J connectivity index is 1.53. The number of amides is 1. The molecular formula is C17H17N3O3S. The Morgan fingerprint density at radius 1 is 1.04 bits per heavy atom. The first-order chi connectivity index (χ1) is 11.6. The van der Waals surface area contributed by atoms with Crippen LogP contribution in [-0.2, 0) is 16.6 Å². The zero-order valence-corrected chi connectivity index (χ0v) is 13.7. The van der Waals surface area contributed by atoms with Crippen LogP contribution in [0.3, 0.4) is 0 Å². The van der Waals surface area contributed by atoms with Crippen LogP contribution in [0.25, 0.3) is 11.0 Å². The van der Waals surface area contributed by atoms with E-state index < -0.39 is 10.8 Å². The third kappa shape index (κ3) is 3.99. The summed E-state index contributed by atoms with van der Waals surface area (Å²) in [6, 6.07) is 14.5. The smallest absolute Gasteiger partial charge is 0.323 e.